The van der Waals surface area contributed by atoms with Crippen molar-refractivity contribution in [2.45, 2.75) is 33.9 Å². The van der Waals surface area contributed by atoms with E-state index in [0.29, 0.717) is 29.9 Å². The van der Waals surface area contributed by atoms with Crippen LogP contribution < -0.4 is 22.3 Å². The summed E-state index contributed by atoms with van der Waals surface area (Å²) in [6.07, 6.45) is 0. The zero-order valence-electron chi connectivity index (χ0n) is 15.7. The maximum atomic E-state index is 12.7. The van der Waals surface area contributed by atoms with Crippen molar-refractivity contribution in [2.75, 3.05) is 5.73 Å². The number of hydrogen-bond acceptors (Lipinski definition) is 5. The summed E-state index contributed by atoms with van der Waals surface area (Å²) >= 11 is 0. The summed E-state index contributed by atoms with van der Waals surface area (Å²) in [5.74, 6) is -1.37. The topological polar surface area (TPSA) is 121 Å². The molecule has 3 heterocycles. The number of imide groups is 1. The first-order valence-electron chi connectivity index (χ1n) is 8.95. The molecule has 144 valence electrons. The van der Waals surface area contributed by atoms with Gasteiger partial charge < -0.3 is 5.73 Å². The van der Waals surface area contributed by atoms with Crippen molar-refractivity contribution in [3.8, 4) is 5.69 Å². The van der Waals surface area contributed by atoms with Crippen molar-refractivity contribution in [1.29, 1.82) is 0 Å². The van der Waals surface area contributed by atoms with Gasteiger partial charge in [-0.05, 0) is 38.5 Å². The van der Waals surface area contributed by atoms with Gasteiger partial charge >= 0.3 is 5.69 Å². The fourth-order valence-electron chi connectivity index (χ4n) is 3.83. The van der Waals surface area contributed by atoms with Crippen LogP contribution >= 0.6 is 0 Å². The van der Waals surface area contributed by atoms with Crippen molar-refractivity contribution < 1.29 is 9.59 Å². The van der Waals surface area contributed by atoms with Gasteiger partial charge in [-0.1, -0.05) is 0 Å². The largest absolute Gasteiger partial charge is 0.384 e. The molecule has 1 aliphatic rings. The highest BCUT2D eigenvalue weighted by Gasteiger charge is 2.32. The van der Waals surface area contributed by atoms with Crippen LogP contribution in [0.4, 0.5) is 5.82 Å². The molecule has 0 unspecified atom stereocenters. The molecule has 4 rings (SSSR count). The summed E-state index contributed by atoms with van der Waals surface area (Å²) in [6.45, 7) is 6.54. The van der Waals surface area contributed by atoms with Crippen molar-refractivity contribution >= 4 is 28.7 Å². The van der Waals surface area contributed by atoms with E-state index in [0.717, 1.165) is 11.6 Å². The van der Waals surface area contributed by atoms with Gasteiger partial charge in [-0.3, -0.25) is 33.4 Å². The molecule has 0 saturated carbocycles. The lowest BCUT2D eigenvalue weighted by molar-refractivity contribution is 0.0880. The zero-order chi connectivity index (χ0) is 20.3. The normalized spacial score (nSPS) is 13.2. The number of aromatic nitrogens is 3. The van der Waals surface area contributed by atoms with E-state index in [1.54, 1.807) is 22.1 Å². The monoisotopic (exact) mass is 381 g/mol. The van der Waals surface area contributed by atoms with E-state index in [-0.39, 0.29) is 22.6 Å². The SMILES string of the molecule is CCn1c(=O)n(CC)c2cc(-n3c(N)c4c(cc3=O)C(=O)NC4=O)c(C)cc21. The predicted octanol–water partition coefficient (Wildman–Crippen LogP) is 0.768. The Labute approximate surface area is 159 Å². The predicted molar refractivity (Wildman–Crippen MR) is 104 cm³/mol. The second-order valence-corrected chi connectivity index (χ2v) is 6.67. The Morgan fingerprint density at radius 3 is 2.14 bits per heavy atom. The molecular weight excluding hydrogens is 362 g/mol. The minimum Gasteiger partial charge on any atom is -0.384 e. The zero-order valence-corrected chi connectivity index (χ0v) is 15.7. The number of nitrogens with zero attached hydrogens (tertiary/aromatic N) is 3. The van der Waals surface area contributed by atoms with Gasteiger partial charge in [-0.15, -0.1) is 0 Å². The summed E-state index contributed by atoms with van der Waals surface area (Å²) in [5, 5.41) is 2.15. The van der Waals surface area contributed by atoms with E-state index in [4.69, 9.17) is 5.73 Å². The number of imidazole rings is 1. The molecular formula is C19H19N5O4. The highest BCUT2D eigenvalue weighted by atomic mass is 16.2. The molecule has 3 aromatic rings. The minimum atomic E-state index is -0.636. The fourth-order valence-corrected chi connectivity index (χ4v) is 3.83. The van der Waals surface area contributed by atoms with Crippen molar-refractivity contribution in [1.82, 2.24) is 19.0 Å². The molecule has 2 amide bonds. The van der Waals surface area contributed by atoms with E-state index < -0.39 is 17.4 Å². The van der Waals surface area contributed by atoms with Gasteiger partial charge in [0.2, 0.25) is 0 Å². The van der Waals surface area contributed by atoms with Crippen LogP contribution in [0.25, 0.3) is 16.7 Å². The third kappa shape index (κ3) is 2.19. The van der Waals surface area contributed by atoms with Crippen LogP contribution in [0.15, 0.2) is 27.8 Å². The smallest absolute Gasteiger partial charge is 0.329 e. The van der Waals surface area contributed by atoms with Crippen LogP contribution in [0.2, 0.25) is 0 Å². The number of pyridine rings is 1. The lowest BCUT2D eigenvalue weighted by atomic mass is 10.1. The quantitative estimate of drug-likeness (QED) is 0.649. The van der Waals surface area contributed by atoms with E-state index in [2.05, 4.69) is 5.32 Å². The molecule has 0 radical (unpaired) electrons. The number of nitrogens with one attached hydrogen (secondary N) is 1. The van der Waals surface area contributed by atoms with Gasteiger partial charge in [0.15, 0.2) is 0 Å². The van der Waals surface area contributed by atoms with E-state index in [1.165, 1.54) is 4.57 Å². The molecule has 0 aliphatic carbocycles. The Balaban J connectivity index is 2.09. The summed E-state index contributed by atoms with van der Waals surface area (Å²) < 4.78 is 4.49. The van der Waals surface area contributed by atoms with Gasteiger partial charge in [0.25, 0.3) is 17.4 Å². The molecule has 0 bridgehead atoms. The number of nitrogens with two attached hydrogens (primary N) is 1. The van der Waals surface area contributed by atoms with Gasteiger partial charge in [0.1, 0.15) is 5.82 Å². The molecule has 28 heavy (non-hydrogen) atoms. The number of carbonyl (C=O) groups is 2. The molecule has 0 spiro atoms. The van der Waals surface area contributed by atoms with E-state index in [9.17, 15) is 19.2 Å². The first-order chi connectivity index (χ1) is 13.3. The average molecular weight is 381 g/mol. The maximum Gasteiger partial charge on any atom is 0.329 e. The number of fused-ring (bicyclic) bond motifs is 2. The molecule has 9 heteroatoms. The van der Waals surface area contributed by atoms with Crippen molar-refractivity contribution in [3.05, 3.63) is 55.7 Å². The fraction of sp³-hybridized carbons (Fsp3) is 0.263. The minimum absolute atomic E-state index is 0.0110. The molecule has 2 aromatic heterocycles. The van der Waals surface area contributed by atoms with Crippen LogP contribution in [-0.2, 0) is 13.1 Å². The van der Waals surface area contributed by atoms with Crippen LogP contribution in [-0.4, -0.2) is 25.5 Å². The number of benzene rings is 1. The Kier molecular flexibility index (Phi) is 3.77. The van der Waals surface area contributed by atoms with E-state index in [1.807, 2.05) is 19.9 Å². The number of rotatable bonds is 3. The third-order valence-corrected chi connectivity index (χ3v) is 5.16. The number of hydrogen-bond donors (Lipinski definition) is 2. The molecule has 1 aromatic carbocycles. The number of aryl methyl sites for hydroxylation is 3. The second kappa shape index (κ2) is 5.95. The molecule has 0 saturated heterocycles. The maximum absolute atomic E-state index is 12.7. The van der Waals surface area contributed by atoms with Crippen LogP contribution in [0.5, 0.6) is 0 Å². The lowest BCUT2D eigenvalue weighted by Crippen LogP contribution is -2.24. The number of anilines is 1. The van der Waals surface area contributed by atoms with Crippen LogP contribution in [0.1, 0.15) is 40.1 Å². The summed E-state index contributed by atoms with van der Waals surface area (Å²) in [6, 6.07) is 4.66. The molecule has 0 fully saturated rings. The van der Waals surface area contributed by atoms with Gasteiger partial charge in [-0.25, -0.2) is 4.79 Å². The van der Waals surface area contributed by atoms with Crippen molar-refractivity contribution in [3.63, 3.8) is 0 Å². The summed E-state index contributed by atoms with van der Waals surface area (Å²) in [5.41, 5.74) is 8.05. The Morgan fingerprint density at radius 1 is 0.929 bits per heavy atom. The summed E-state index contributed by atoms with van der Waals surface area (Å²) in [4.78, 5) is 49.3. The molecule has 0 atom stereocenters. The first kappa shape index (κ1) is 17.8. The molecule has 1 aliphatic heterocycles. The van der Waals surface area contributed by atoms with Gasteiger partial charge in [0, 0.05) is 19.2 Å². The Bertz CT molecular complexity index is 1310. The van der Waals surface area contributed by atoms with Crippen LogP contribution in [0, 0.1) is 6.92 Å². The van der Waals surface area contributed by atoms with Gasteiger partial charge in [-0.2, -0.15) is 0 Å². The summed E-state index contributed by atoms with van der Waals surface area (Å²) in [7, 11) is 0. The van der Waals surface area contributed by atoms with Crippen molar-refractivity contribution in [2.24, 2.45) is 0 Å². The molecule has 3 N–H and O–H groups in total. The Morgan fingerprint density at radius 2 is 1.54 bits per heavy atom. The Hall–Kier alpha value is -3.62. The standard InChI is InChI=1S/C19H19N5O4/c1-4-22-12-6-9(3)11(8-13(12)23(5-2)19(22)28)24-14(25)7-10-15(16(24)20)18(27)21-17(10)26/h6-8H,4-5,20H2,1-3H3,(H,21,26,27). The highest BCUT2D eigenvalue weighted by Crippen LogP contribution is 2.27. The highest BCUT2D eigenvalue weighted by molar-refractivity contribution is 6.23. The van der Waals surface area contributed by atoms with Crippen LogP contribution in [0.3, 0.4) is 0 Å². The number of nitrogen functional groups attached to an aromatic ring is 1. The van der Waals surface area contributed by atoms with E-state index >= 15 is 0 Å². The van der Waals surface area contributed by atoms with Gasteiger partial charge in [0.05, 0.1) is 27.8 Å². The first-order valence-corrected chi connectivity index (χ1v) is 8.95. The number of amides is 2. The number of carbonyl (C=O) groups excluding carboxylic acids is 2. The second-order valence-electron chi connectivity index (χ2n) is 6.67. The average Bonchev–Trinajstić information content (AvgIpc) is 3.06. The third-order valence-electron chi connectivity index (χ3n) is 5.16. The lowest BCUT2D eigenvalue weighted by Gasteiger charge is -2.15. The molecule has 9 nitrogen and oxygen atoms in total.